The molecule has 0 bridgehead atoms. The number of hydrogen-bond acceptors (Lipinski definition) is 4. The summed E-state index contributed by atoms with van der Waals surface area (Å²) >= 11 is 0. The number of imidazole rings is 1. The SMILES string of the molecule is c1ccc(-c2cc(-c3ccccc3)nc(-c3cccc(N4c5ccccc5-c5ccccc5-n5c4nc4ccccc45)c3)n2)cc1. The van der Waals surface area contributed by atoms with E-state index in [1.807, 2.05) is 42.5 Å². The molecule has 216 valence electrons. The van der Waals surface area contributed by atoms with Gasteiger partial charge in [0, 0.05) is 33.5 Å². The van der Waals surface area contributed by atoms with Crippen molar-refractivity contribution in [2.45, 2.75) is 0 Å². The normalized spacial score (nSPS) is 11.9. The molecule has 0 fully saturated rings. The van der Waals surface area contributed by atoms with Crippen LogP contribution >= 0.6 is 0 Å². The highest BCUT2D eigenvalue weighted by atomic mass is 15.3. The third kappa shape index (κ3) is 4.29. The molecule has 0 N–H and O–H groups in total. The zero-order chi connectivity index (χ0) is 30.5. The maximum absolute atomic E-state index is 5.24. The van der Waals surface area contributed by atoms with E-state index in [0.29, 0.717) is 5.82 Å². The minimum absolute atomic E-state index is 0.668. The van der Waals surface area contributed by atoms with Crippen LogP contribution in [0.25, 0.3) is 61.8 Å². The number of anilines is 3. The molecule has 0 saturated carbocycles. The lowest BCUT2D eigenvalue weighted by Gasteiger charge is -2.25. The summed E-state index contributed by atoms with van der Waals surface area (Å²) in [5.41, 5.74) is 12.2. The summed E-state index contributed by atoms with van der Waals surface area (Å²) in [7, 11) is 0. The highest BCUT2D eigenvalue weighted by Crippen LogP contribution is 2.47. The highest BCUT2D eigenvalue weighted by molar-refractivity contribution is 5.96. The van der Waals surface area contributed by atoms with E-state index >= 15 is 0 Å². The van der Waals surface area contributed by atoms with Crippen molar-refractivity contribution in [2.24, 2.45) is 0 Å². The van der Waals surface area contributed by atoms with E-state index in [9.17, 15) is 0 Å². The van der Waals surface area contributed by atoms with Crippen molar-refractivity contribution in [3.05, 3.63) is 164 Å². The Kier molecular flexibility index (Phi) is 6.06. The first-order valence-electron chi connectivity index (χ1n) is 15.4. The number of rotatable bonds is 4. The van der Waals surface area contributed by atoms with Crippen LogP contribution in [0.3, 0.4) is 0 Å². The standard InChI is InChI=1S/C41H27N5/c1-3-14-28(15-4-1)35-27-36(29-16-5-2-6-17-29)43-40(42-35)30-18-13-19-31(26-30)45-37-23-10-7-20-32(37)33-21-8-11-24-38(33)46-39-25-12-9-22-34(39)44-41(45)46/h1-27H. The number of aromatic nitrogens is 4. The fourth-order valence-corrected chi connectivity index (χ4v) is 6.43. The van der Waals surface area contributed by atoms with Gasteiger partial charge in [-0.15, -0.1) is 0 Å². The van der Waals surface area contributed by atoms with Crippen molar-refractivity contribution in [3.63, 3.8) is 0 Å². The van der Waals surface area contributed by atoms with Crippen LogP contribution in [0.15, 0.2) is 164 Å². The summed E-state index contributed by atoms with van der Waals surface area (Å²) in [4.78, 5) is 17.7. The number of para-hydroxylation sites is 4. The van der Waals surface area contributed by atoms with Gasteiger partial charge in [-0.3, -0.25) is 9.47 Å². The Hall–Kier alpha value is -6.33. The molecule has 6 aromatic carbocycles. The van der Waals surface area contributed by atoms with Gasteiger partial charge in [0.15, 0.2) is 5.82 Å². The Morgan fingerprint density at radius 3 is 1.70 bits per heavy atom. The molecule has 46 heavy (non-hydrogen) atoms. The van der Waals surface area contributed by atoms with Crippen LogP contribution in [-0.4, -0.2) is 19.5 Å². The van der Waals surface area contributed by atoms with Gasteiger partial charge in [0.2, 0.25) is 5.95 Å². The molecule has 5 nitrogen and oxygen atoms in total. The maximum atomic E-state index is 5.24. The molecule has 1 aliphatic heterocycles. The van der Waals surface area contributed by atoms with E-state index in [-0.39, 0.29) is 0 Å². The average molecular weight is 590 g/mol. The third-order valence-corrected chi connectivity index (χ3v) is 8.55. The Bertz CT molecular complexity index is 2320. The molecular formula is C41H27N5. The lowest BCUT2D eigenvalue weighted by Crippen LogP contribution is -2.14. The molecule has 0 atom stereocenters. The van der Waals surface area contributed by atoms with Crippen LogP contribution in [-0.2, 0) is 0 Å². The summed E-state index contributed by atoms with van der Waals surface area (Å²) in [6, 6.07) is 56.6. The van der Waals surface area contributed by atoms with Gasteiger partial charge in [-0.05, 0) is 42.5 Å². The monoisotopic (exact) mass is 589 g/mol. The molecule has 0 aliphatic carbocycles. The molecule has 2 aromatic heterocycles. The summed E-state index contributed by atoms with van der Waals surface area (Å²) in [6.07, 6.45) is 0. The van der Waals surface area contributed by atoms with Gasteiger partial charge in [-0.1, -0.05) is 121 Å². The van der Waals surface area contributed by atoms with E-state index in [2.05, 4.69) is 131 Å². The van der Waals surface area contributed by atoms with E-state index in [1.54, 1.807) is 0 Å². The quantitative estimate of drug-likeness (QED) is 0.205. The predicted octanol–water partition coefficient (Wildman–Crippen LogP) is 10.3. The second-order valence-corrected chi connectivity index (χ2v) is 11.4. The number of hydrogen-bond donors (Lipinski definition) is 0. The van der Waals surface area contributed by atoms with Crippen LogP contribution in [0.1, 0.15) is 0 Å². The van der Waals surface area contributed by atoms with E-state index in [0.717, 1.165) is 73.2 Å². The smallest absolute Gasteiger partial charge is 0.220 e. The van der Waals surface area contributed by atoms with Gasteiger partial charge in [-0.2, -0.15) is 0 Å². The fourth-order valence-electron chi connectivity index (χ4n) is 6.43. The topological polar surface area (TPSA) is 46.8 Å². The molecule has 9 rings (SSSR count). The molecule has 0 spiro atoms. The molecule has 0 saturated heterocycles. The van der Waals surface area contributed by atoms with Gasteiger partial charge in [0.25, 0.3) is 0 Å². The van der Waals surface area contributed by atoms with Crippen LogP contribution in [0, 0.1) is 0 Å². The Labute approximate surface area is 266 Å². The molecule has 3 heterocycles. The van der Waals surface area contributed by atoms with Crippen molar-refractivity contribution >= 4 is 28.4 Å². The van der Waals surface area contributed by atoms with E-state index in [1.165, 1.54) is 0 Å². The molecule has 1 aliphatic rings. The van der Waals surface area contributed by atoms with Crippen LogP contribution in [0.2, 0.25) is 0 Å². The summed E-state index contributed by atoms with van der Waals surface area (Å²) in [5.74, 6) is 1.50. The van der Waals surface area contributed by atoms with Gasteiger partial charge in [-0.25, -0.2) is 15.0 Å². The highest BCUT2D eigenvalue weighted by Gasteiger charge is 2.29. The first-order chi connectivity index (χ1) is 22.8. The molecule has 5 heteroatoms. The summed E-state index contributed by atoms with van der Waals surface area (Å²) in [5, 5.41) is 0. The third-order valence-electron chi connectivity index (χ3n) is 8.55. The van der Waals surface area contributed by atoms with E-state index in [4.69, 9.17) is 15.0 Å². The second-order valence-electron chi connectivity index (χ2n) is 11.4. The average Bonchev–Trinajstić information content (AvgIpc) is 3.46. The minimum Gasteiger partial charge on any atom is -0.280 e. The molecule has 8 aromatic rings. The van der Waals surface area contributed by atoms with Crippen molar-refractivity contribution in [1.29, 1.82) is 0 Å². The zero-order valence-electron chi connectivity index (χ0n) is 24.8. The van der Waals surface area contributed by atoms with Gasteiger partial charge >= 0.3 is 0 Å². The largest absolute Gasteiger partial charge is 0.280 e. The van der Waals surface area contributed by atoms with Crippen molar-refractivity contribution in [1.82, 2.24) is 19.5 Å². The van der Waals surface area contributed by atoms with Crippen molar-refractivity contribution in [2.75, 3.05) is 4.90 Å². The van der Waals surface area contributed by atoms with Gasteiger partial charge in [0.05, 0.1) is 33.8 Å². The molecule has 0 radical (unpaired) electrons. The number of fused-ring (bicyclic) bond motifs is 7. The minimum atomic E-state index is 0.668. The van der Waals surface area contributed by atoms with Gasteiger partial charge < -0.3 is 0 Å². The summed E-state index contributed by atoms with van der Waals surface area (Å²) < 4.78 is 2.28. The second kappa shape index (κ2) is 10.7. The lowest BCUT2D eigenvalue weighted by molar-refractivity contribution is 1.05. The van der Waals surface area contributed by atoms with Crippen molar-refractivity contribution in [3.8, 4) is 50.7 Å². The Morgan fingerprint density at radius 1 is 0.413 bits per heavy atom. The number of benzene rings is 6. The van der Waals surface area contributed by atoms with Gasteiger partial charge in [0.1, 0.15) is 0 Å². The van der Waals surface area contributed by atoms with Crippen LogP contribution in [0.4, 0.5) is 17.3 Å². The van der Waals surface area contributed by atoms with Crippen LogP contribution in [0.5, 0.6) is 0 Å². The molecule has 0 unspecified atom stereocenters. The zero-order valence-corrected chi connectivity index (χ0v) is 24.8. The van der Waals surface area contributed by atoms with Crippen molar-refractivity contribution < 1.29 is 0 Å². The predicted molar refractivity (Wildman–Crippen MR) is 187 cm³/mol. The van der Waals surface area contributed by atoms with E-state index < -0.39 is 0 Å². The first kappa shape index (κ1) is 26.1. The Morgan fingerprint density at radius 2 is 0.978 bits per heavy atom. The number of nitrogens with zero attached hydrogens (tertiary/aromatic N) is 5. The summed E-state index contributed by atoms with van der Waals surface area (Å²) in [6.45, 7) is 0. The lowest BCUT2D eigenvalue weighted by atomic mass is 10.0. The Balaban J connectivity index is 1.27. The first-order valence-corrected chi connectivity index (χ1v) is 15.4. The maximum Gasteiger partial charge on any atom is 0.220 e. The van der Waals surface area contributed by atoms with Crippen LogP contribution < -0.4 is 4.90 Å². The molecular weight excluding hydrogens is 562 g/mol. The molecule has 0 amide bonds. The fraction of sp³-hybridized carbons (Fsp3) is 0.